The number of Topliss-reactive ketones (excluding diaryl/α,β-unsaturated/α-hetero) is 1. The highest BCUT2D eigenvalue weighted by atomic mass is 16.2. The fraction of sp³-hybridized carbons (Fsp3) is 0.789. The number of ketones is 1. The average Bonchev–Trinajstić information content (AvgIpc) is 2.51. The van der Waals surface area contributed by atoms with Crippen LogP contribution in [0.15, 0.2) is 12.2 Å². The molecule has 1 amide bonds. The third-order valence-corrected chi connectivity index (χ3v) is 3.17. The summed E-state index contributed by atoms with van der Waals surface area (Å²) < 4.78 is 0. The quantitative estimate of drug-likeness (QED) is 0.342. The van der Waals surface area contributed by atoms with Crippen molar-refractivity contribution < 1.29 is 9.59 Å². The van der Waals surface area contributed by atoms with Gasteiger partial charge in [-0.3, -0.25) is 9.59 Å². The van der Waals surface area contributed by atoms with E-state index in [-0.39, 0.29) is 5.91 Å². The van der Waals surface area contributed by atoms with E-state index in [1.54, 1.807) is 0 Å². The van der Waals surface area contributed by atoms with Gasteiger partial charge in [0.05, 0.1) is 0 Å². The van der Waals surface area contributed by atoms with Gasteiger partial charge in [-0.15, -0.1) is 0 Å². The number of hydrogen-bond donors (Lipinski definition) is 1. The number of nitrogens with one attached hydrogen (secondary N) is 1. The van der Waals surface area contributed by atoms with E-state index in [9.17, 15) is 9.59 Å². The number of hydrogen-bond acceptors (Lipinski definition) is 2. The van der Waals surface area contributed by atoms with Gasteiger partial charge in [0.25, 0.3) is 0 Å². The van der Waals surface area contributed by atoms with Gasteiger partial charge in [0.1, 0.15) is 5.78 Å². The molecule has 3 nitrogen and oxygen atoms in total. The molecule has 0 aromatic rings. The molecule has 0 bridgehead atoms. The van der Waals surface area contributed by atoms with Crippen molar-refractivity contribution in [3.8, 4) is 0 Å². The van der Waals surface area contributed by atoms with Crippen molar-refractivity contribution in [2.24, 2.45) is 0 Å². The second-order valence-electron chi connectivity index (χ2n) is 5.25. The van der Waals surface area contributed by atoms with Crippen molar-refractivity contribution in [1.82, 2.24) is 5.32 Å². The van der Waals surface area contributed by atoms with E-state index in [0.29, 0.717) is 5.78 Å². The van der Waals surface area contributed by atoms with Crippen LogP contribution in [0.4, 0.5) is 0 Å². The van der Waals surface area contributed by atoms with Crippen LogP contribution >= 0.6 is 0 Å². The van der Waals surface area contributed by atoms with Gasteiger partial charge >= 0.3 is 0 Å². The van der Waals surface area contributed by atoms with Crippen LogP contribution < -0.4 is 5.32 Å². The molecule has 130 valence electrons. The first-order valence-corrected chi connectivity index (χ1v) is 9.14. The normalized spacial score (nSPS) is 12.5. The molecule has 0 aromatic heterocycles. The predicted molar refractivity (Wildman–Crippen MR) is 96.0 cm³/mol. The molecule has 3 heteroatoms. The first kappa shape index (κ1) is 23.2. The third-order valence-electron chi connectivity index (χ3n) is 3.17. The van der Waals surface area contributed by atoms with Crippen molar-refractivity contribution in [2.75, 3.05) is 6.54 Å². The standard InChI is InChI=1S/C14H26O.C3H5NO.C2H6/c1-3-5-6-7-8-9-10-11-13-14(15)12-4-2;5-3-1-2-4-3;1-2/h8-9H,3-7,10-13H2,1-2H3;1-2H2,(H,4,5);1-2H3/b9-8-;;. The molecule has 0 aromatic carbocycles. The molecule has 1 aliphatic rings. The molecule has 0 radical (unpaired) electrons. The summed E-state index contributed by atoms with van der Waals surface area (Å²) in [6.45, 7) is 9.17. The molecule has 0 aliphatic carbocycles. The number of unbranched alkanes of at least 4 members (excludes halogenated alkanes) is 4. The highest BCUT2D eigenvalue weighted by Crippen LogP contribution is 2.04. The van der Waals surface area contributed by atoms with Gasteiger partial charge in [-0.25, -0.2) is 0 Å². The maximum atomic E-state index is 11.2. The second kappa shape index (κ2) is 19.9. The van der Waals surface area contributed by atoms with Crippen LogP contribution in [0, 0.1) is 0 Å². The summed E-state index contributed by atoms with van der Waals surface area (Å²) in [6, 6.07) is 0. The minimum Gasteiger partial charge on any atom is -0.356 e. The molecule has 1 fully saturated rings. The van der Waals surface area contributed by atoms with Gasteiger partial charge in [-0.2, -0.15) is 0 Å². The molecule has 1 aliphatic heterocycles. The minimum atomic E-state index is 0.185. The largest absolute Gasteiger partial charge is 0.356 e. The van der Waals surface area contributed by atoms with Crippen molar-refractivity contribution in [2.45, 2.75) is 91.9 Å². The lowest BCUT2D eigenvalue weighted by Crippen LogP contribution is -2.37. The summed E-state index contributed by atoms with van der Waals surface area (Å²) in [4.78, 5) is 21.0. The molecule has 1 saturated heterocycles. The Kier molecular flexibility index (Phi) is 20.9. The Morgan fingerprint density at radius 3 is 1.95 bits per heavy atom. The number of carbonyl (C=O) groups is 2. The summed E-state index contributed by atoms with van der Waals surface area (Å²) in [5, 5.41) is 2.57. The number of rotatable bonds is 10. The molecule has 1 N–H and O–H groups in total. The Bertz CT molecular complexity index is 279. The zero-order chi connectivity index (χ0) is 17.1. The van der Waals surface area contributed by atoms with Crippen molar-refractivity contribution in [1.29, 1.82) is 0 Å². The maximum Gasteiger partial charge on any atom is 0.221 e. The van der Waals surface area contributed by atoms with E-state index in [1.165, 1.54) is 25.7 Å². The Balaban J connectivity index is 0. The van der Waals surface area contributed by atoms with Gasteiger partial charge in [-0.1, -0.05) is 52.7 Å². The van der Waals surface area contributed by atoms with E-state index < -0.39 is 0 Å². The molecule has 1 heterocycles. The Morgan fingerprint density at radius 1 is 1.00 bits per heavy atom. The van der Waals surface area contributed by atoms with Crippen LogP contribution in [0.1, 0.15) is 91.9 Å². The SMILES string of the molecule is CC.CCCCC/C=C\CCCC(=O)CCC.O=C1CCN1. The summed E-state index contributed by atoms with van der Waals surface area (Å²) in [5.74, 6) is 0.613. The zero-order valence-corrected chi connectivity index (χ0v) is 15.2. The average molecular weight is 312 g/mol. The fourth-order valence-corrected chi connectivity index (χ4v) is 1.80. The lowest BCUT2D eigenvalue weighted by molar-refractivity contribution is -0.125. The monoisotopic (exact) mass is 311 g/mol. The smallest absolute Gasteiger partial charge is 0.221 e. The molecule has 1 rings (SSSR count). The fourth-order valence-electron chi connectivity index (χ4n) is 1.80. The maximum absolute atomic E-state index is 11.2. The number of β-lactam (4-membered cyclic amide) rings is 1. The summed E-state index contributed by atoms with van der Waals surface area (Å²) >= 11 is 0. The highest BCUT2D eigenvalue weighted by molar-refractivity contribution is 5.81. The Morgan fingerprint density at radius 2 is 1.55 bits per heavy atom. The molecular formula is C19H37NO2. The van der Waals surface area contributed by atoms with E-state index in [2.05, 4.69) is 31.3 Å². The van der Waals surface area contributed by atoms with Crippen molar-refractivity contribution >= 4 is 11.7 Å². The molecule has 22 heavy (non-hydrogen) atoms. The van der Waals surface area contributed by atoms with Crippen LogP contribution in [0.2, 0.25) is 0 Å². The summed E-state index contributed by atoms with van der Waals surface area (Å²) in [5.41, 5.74) is 0. The van der Waals surface area contributed by atoms with Crippen molar-refractivity contribution in [3.63, 3.8) is 0 Å². The van der Waals surface area contributed by atoms with E-state index in [0.717, 1.165) is 45.1 Å². The predicted octanol–water partition coefficient (Wildman–Crippen LogP) is 5.19. The summed E-state index contributed by atoms with van der Waals surface area (Å²) in [7, 11) is 0. The molecule has 0 unspecified atom stereocenters. The number of allylic oxidation sites excluding steroid dienone is 2. The Hall–Kier alpha value is -1.12. The van der Waals surface area contributed by atoms with Crippen LogP contribution in [0.25, 0.3) is 0 Å². The van der Waals surface area contributed by atoms with Crippen LogP contribution in [0.3, 0.4) is 0 Å². The minimum absolute atomic E-state index is 0.185. The molecule has 0 atom stereocenters. The first-order valence-electron chi connectivity index (χ1n) is 9.14. The van der Waals surface area contributed by atoms with Gasteiger partial charge in [-0.05, 0) is 32.1 Å². The number of amides is 1. The second-order valence-corrected chi connectivity index (χ2v) is 5.25. The van der Waals surface area contributed by atoms with E-state index >= 15 is 0 Å². The lowest BCUT2D eigenvalue weighted by Gasteiger charge is -2.10. The van der Waals surface area contributed by atoms with E-state index in [4.69, 9.17) is 0 Å². The van der Waals surface area contributed by atoms with E-state index in [1.807, 2.05) is 13.8 Å². The Labute approximate surface area is 137 Å². The van der Waals surface area contributed by atoms with Gasteiger partial charge < -0.3 is 5.32 Å². The summed E-state index contributed by atoms with van der Waals surface area (Å²) in [6.07, 6.45) is 15.0. The molecule has 0 spiro atoms. The van der Waals surface area contributed by atoms with Gasteiger partial charge in [0.2, 0.25) is 5.91 Å². The van der Waals surface area contributed by atoms with Crippen LogP contribution in [0.5, 0.6) is 0 Å². The third kappa shape index (κ3) is 18.9. The van der Waals surface area contributed by atoms with Gasteiger partial charge in [0.15, 0.2) is 0 Å². The topological polar surface area (TPSA) is 46.2 Å². The van der Waals surface area contributed by atoms with Crippen molar-refractivity contribution in [3.05, 3.63) is 12.2 Å². The van der Waals surface area contributed by atoms with Crippen LogP contribution in [-0.4, -0.2) is 18.2 Å². The molecular weight excluding hydrogens is 274 g/mol. The van der Waals surface area contributed by atoms with Crippen LogP contribution in [-0.2, 0) is 9.59 Å². The van der Waals surface area contributed by atoms with Gasteiger partial charge in [0, 0.05) is 25.8 Å². The zero-order valence-electron chi connectivity index (χ0n) is 15.2. The first-order chi connectivity index (χ1) is 10.7. The highest BCUT2D eigenvalue weighted by Gasteiger charge is 2.07. The molecule has 0 saturated carbocycles. The number of carbonyl (C=O) groups excluding carboxylic acids is 2. The lowest BCUT2D eigenvalue weighted by atomic mass is 10.1.